The fourth-order valence-electron chi connectivity index (χ4n) is 4.42. The smallest absolute Gasteiger partial charge is 0.229 e. The predicted octanol–water partition coefficient (Wildman–Crippen LogP) is 5.75. The highest BCUT2D eigenvalue weighted by Gasteiger charge is 2.28. The first kappa shape index (κ1) is 20.9. The van der Waals surface area contributed by atoms with Crippen LogP contribution in [0, 0.1) is 6.92 Å². The molecule has 1 aliphatic rings. The molecule has 1 aromatic heterocycles. The molecule has 0 spiro atoms. The molecule has 1 unspecified atom stereocenters. The Morgan fingerprint density at radius 2 is 2.00 bits per heavy atom. The lowest BCUT2D eigenvalue weighted by Gasteiger charge is -2.24. The van der Waals surface area contributed by atoms with Crippen molar-refractivity contribution in [1.29, 1.82) is 0 Å². The van der Waals surface area contributed by atoms with Crippen molar-refractivity contribution in [3.63, 3.8) is 0 Å². The second kappa shape index (κ2) is 9.60. The van der Waals surface area contributed by atoms with E-state index in [4.69, 9.17) is 21.4 Å². The lowest BCUT2D eigenvalue weighted by molar-refractivity contribution is -0.113. The van der Waals surface area contributed by atoms with Crippen LogP contribution in [0.2, 0.25) is 0 Å². The average molecular weight is 403 g/mol. The first-order valence-electron chi connectivity index (χ1n) is 10.5. The van der Waals surface area contributed by atoms with Crippen LogP contribution in [0.15, 0.2) is 24.3 Å². The lowest BCUT2D eigenvalue weighted by atomic mass is 9.92. The van der Waals surface area contributed by atoms with Crippen LogP contribution in [0.1, 0.15) is 79.9 Å². The van der Waals surface area contributed by atoms with Gasteiger partial charge in [0, 0.05) is 17.7 Å². The first-order chi connectivity index (χ1) is 13.6. The summed E-state index contributed by atoms with van der Waals surface area (Å²) in [6.45, 7) is 4.35. The number of rotatable bonds is 8. The molecule has 1 aliphatic carbocycles. The maximum atomic E-state index is 12.3. The van der Waals surface area contributed by atoms with Gasteiger partial charge < -0.3 is 4.74 Å². The number of aromatic nitrogens is 2. The van der Waals surface area contributed by atoms with Crippen molar-refractivity contribution in [3.8, 4) is 5.75 Å². The van der Waals surface area contributed by atoms with E-state index in [0.717, 1.165) is 24.1 Å². The van der Waals surface area contributed by atoms with Gasteiger partial charge in [-0.2, -0.15) is 5.10 Å². The zero-order valence-corrected chi connectivity index (χ0v) is 18.0. The summed E-state index contributed by atoms with van der Waals surface area (Å²) in [5.74, 6) is 0.236. The largest absolute Gasteiger partial charge is 0.496 e. The van der Waals surface area contributed by atoms with Gasteiger partial charge in [0.2, 0.25) is 5.24 Å². The molecule has 152 valence electrons. The molecule has 28 heavy (non-hydrogen) atoms. The Bertz CT molecular complexity index is 809. The van der Waals surface area contributed by atoms with E-state index in [1.165, 1.54) is 43.4 Å². The molecule has 1 fully saturated rings. The summed E-state index contributed by atoms with van der Waals surface area (Å²) in [4.78, 5) is 12.3. The van der Waals surface area contributed by atoms with E-state index in [2.05, 4.69) is 18.5 Å². The summed E-state index contributed by atoms with van der Waals surface area (Å²) in [5.41, 5.74) is 4.35. The van der Waals surface area contributed by atoms with Gasteiger partial charge in [0.25, 0.3) is 0 Å². The van der Waals surface area contributed by atoms with Crippen molar-refractivity contribution in [2.75, 3.05) is 7.11 Å². The van der Waals surface area contributed by atoms with E-state index in [9.17, 15) is 4.79 Å². The van der Waals surface area contributed by atoms with Gasteiger partial charge in [-0.1, -0.05) is 50.8 Å². The highest BCUT2D eigenvalue weighted by Crippen LogP contribution is 2.34. The van der Waals surface area contributed by atoms with Crippen LogP contribution >= 0.6 is 11.6 Å². The number of hydrogen-bond acceptors (Lipinski definition) is 3. The molecule has 1 heterocycles. The number of carbonyl (C=O) groups is 1. The monoisotopic (exact) mass is 402 g/mol. The van der Waals surface area contributed by atoms with E-state index in [-0.39, 0.29) is 5.24 Å². The van der Waals surface area contributed by atoms with Crippen LogP contribution in [0.5, 0.6) is 5.75 Å². The van der Waals surface area contributed by atoms with Crippen molar-refractivity contribution in [3.05, 3.63) is 46.8 Å². The molecular formula is C23H31ClN2O2. The Kier molecular flexibility index (Phi) is 7.17. The minimum absolute atomic E-state index is 0.367. The molecule has 1 aromatic carbocycles. The number of methoxy groups -OCH3 is 1. The molecule has 3 rings (SSSR count). The second-order valence-corrected chi connectivity index (χ2v) is 8.18. The highest BCUT2D eigenvalue weighted by atomic mass is 35.5. The predicted molar refractivity (Wildman–Crippen MR) is 113 cm³/mol. The third-order valence-electron chi connectivity index (χ3n) is 5.96. The van der Waals surface area contributed by atoms with E-state index in [0.29, 0.717) is 18.2 Å². The van der Waals surface area contributed by atoms with Crippen LogP contribution in [0.4, 0.5) is 0 Å². The third-order valence-corrected chi connectivity index (χ3v) is 6.23. The number of halogens is 1. The number of benzene rings is 1. The minimum atomic E-state index is -0.458. The van der Waals surface area contributed by atoms with Gasteiger partial charge in [0.05, 0.1) is 24.8 Å². The quantitative estimate of drug-likeness (QED) is 0.528. The maximum absolute atomic E-state index is 12.3. The van der Waals surface area contributed by atoms with Crippen LogP contribution in [0.25, 0.3) is 0 Å². The molecule has 5 heteroatoms. The van der Waals surface area contributed by atoms with Crippen LogP contribution in [-0.2, 0) is 17.6 Å². The first-order valence-corrected chi connectivity index (χ1v) is 10.8. The molecule has 2 aromatic rings. The number of ether oxygens (including phenoxy) is 1. The normalized spacial score (nSPS) is 16.1. The van der Waals surface area contributed by atoms with E-state index in [1.807, 2.05) is 24.3 Å². The lowest BCUT2D eigenvalue weighted by Crippen LogP contribution is -2.17. The zero-order chi connectivity index (χ0) is 20.1. The van der Waals surface area contributed by atoms with Crippen LogP contribution < -0.4 is 4.74 Å². The third kappa shape index (κ3) is 4.43. The van der Waals surface area contributed by atoms with Gasteiger partial charge in [-0.3, -0.25) is 9.48 Å². The summed E-state index contributed by atoms with van der Waals surface area (Å²) < 4.78 is 7.74. The Balaban J connectivity index is 1.96. The Morgan fingerprint density at radius 3 is 2.64 bits per heavy atom. The van der Waals surface area contributed by atoms with Gasteiger partial charge in [-0.25, -0.2) is 0 Å². The number of carbonyl (C=O) groups excluding carboxylic acids is 1. The van der Waals surface area contributed by atoms with Gasteiger partial charge in [-0.15, -0.1) is 0 Å². The van der Waals surface area contributed by atoms with Crippen molar-refractivity contribution in [1.82, 2.24) is 9.78 Å². The molecule has 0 amide bonds. The van der Waals surface area contributed by atoms with Crippen LogP contribution in [-0.4, -0.2) is 22.1 Å². The van der Waals surface area contributed by atoms with Crippen molar-refractivity contribution in [2.45, 2.75) is 77.2 Å². The van der Waals surface area contributed by atoms with Crippen LogP contribution in [0.3, 0.4) is 0 Å². The summed E-state index contributed by atoms with van der Waals surface area (Å²) in [5, 5.41) is 4.65. The van der Waals surface area contributed by atoms with Gasteiger partial charge in [0.15, 0.2) is 0 Å². The fraction of sp³-hybridized carbons (Fsp3) is 0.565. The fourth-order valence-corrected chi connectivity index (χ4v) is 4.62. The van der Waals surface area contributed by atoms with E-state index < -0.39 is 5.92 Å². The number of hydrogen-bond donors (Lipinski definition) is 0. The van der Waals surface area contributed by atoms with Crippen molar-refractivity contribution < 1.29 is 9.53 Å². The second-order valence-electron chi connectivity index (χ2n) is 7.81. The molecule has 0 radical (unpaired) electrons. The Labute approximate surface area is 173 Å². The number of nitrogens with zero attached hydrogens (tertiary/aromatic N) is 2. The molecular weight excluding hydrogens is 372 g/mol. The Hall–Kier alpha value is -1.81. The minimum Gasteiger partial charge on any atom is -0.496 e. The standard InChI is InChI=1S/C23H31ClN2O2/c1-4-10-21-16(2)20(25-26(21)17-11-6-5-7-12-17)15-19(23(24)27)18-13-8-9-14-22(18)28-3/h8-9,13-14,17,19H,4-7,10-12,15H2,1-3H3. The summed E-state index contributed by atoms with van der Waals surface area (Å²) in [7, 11) is 1.62. The van der Waals surface area contributed by atoms with E-state index >= 15 is 0 Å². The zero-order valence-electron chi connectivity index (χ0n) is 17.2. The summed E-state index contributed by atoms with van der Waals surface area (Å²) >= 11 is 6.04. The van der Waals surface area contributed by atoms with Crippen molar-refractivity contribution >= 4 is 16.8 Å². The molecule has 0 aliphatic heterocycles. The average Bonchev–Trinajstić information content (AvgIpc) is 3.02. The molecule has 0 saturated heterocycles. The summed E-state index contributed by atoms with van der Waals surface area (Å²) in [6.07, 6.45) is 8.87. The van der Waals surface area contributed by atoms with E-state index in [1.54, 1.807) is 7.11 Å². The van der Waals surface area contributed by atoms with Gasteiger partial charge >= 0.3 is 0 Å². The van der Waals surface area contributed by atoms with Gasteiger partial charge in [-0.05, 0) is 49.4 Å². The molecule has 1 atom stereocenters. The number of para-hydroxylation sites is 1. The SMILES string of the molecule is CCCc1c(C)c(CC(C(=O)Cl)c2ccccc2OC)nn1C1CCCCC1. The maximum Gasteiger partial charge on any atom is 0.229 e. The van der Waals surface area contributed by atoms with Crippen molar-refractivity contribution in [2.24, 2.45) is 0 Å². The Morgan fingerprint density at radius 1 is 1.29 bits per heavy atom. The van der Waals surface area contributed by atoms with Gasteiger partial charge in [0.1, 0.15) is 5.75 Å². The molecule has 0 N–H and O–H groups in total. The molecule has 1 saturated carbocycles. The molecule has 4 nitrogen and oxygen atoms in total. The highest BCUT2D eigenvalue weighted by molar-refractivity contribution is 6.64. The summed E-state index contributed by atoms with van der Waals surface area (Å²) in [6, 6.07) is 8.10. The topological polar surface area (TPSA) is 44.1 Å². The molecule has 0 bridgehead atoms.